The molecule has 0 saturated carbocycles. The molecule has 9 nitrogen and oxygen atoms in total. The summed E-state index contributed by atoms with van der Waals surface area (Å²) >= 11 is 0. The highest BCUT2D eigenvalue weighted by Crippen LogP contribution is 2.15. The van der Waals surface area contributed by atoms with E-state index < -0.39 is 12.1 Å². The number of nitrogens with one attached hydrogen (secondary N) is 2. The minimum Gasteiger partial charge on any atom is -0.492 e. The second-order valence-corrected chi connectivity index (χ2v) is 7.90. The van der Waals surface area contributed by atoms with Gasteiger partial charge in [0.25, 0.3) is 5.91 Å². The van der Waals surface area contributed by atoms with Gasteiger partial charge in [-0.15, -0.1) is 0 Å². The molecule has 1 aromatic carbocycles. The van der Waals surface area contributed by atoms with Crippen LogP contribution in [0.25, 0.3) is 0 Å². The van der Waals surface area contributed by atoms with Crippen LogP contribution in [0.3, 0.4) is 0 Å². The SMILES string of the molecule is CCNC(=O)N1CCC[C@@H](O)[C@H](NC(=O)c2ccc(OCCN3CCOCC3)cc2)C1. The summed E-state index contributed by atoms with van der Waals surface area (Å²) in [6, 6.07) is 6.29. The first-order valence-electron chi connectivity index (χ1n) is 11.1. The molecule has 3 amide bonds. The van der Waals surface area contributed by atoms with Crippen LogP contribution in [0.5, 0.6) is 5.75 Å². The normalized spacial score (nSPS) is 22.5. The van der Waals surface area contributed by atoms with E-state index >= 15 is 0 Å². The molecular formula is C22H34N4O5. The van der Waals surface area contributed by atoms with Gasteiger partial charge >= 0.3 is 6.03 Å². The van der Waals surface area contributed by atoms with E-state index in [-0.39, 0.29) is 18.5 Å². The van der Waals surface area contributed by atoms with E-state index in [1.54, 1.807) is 29.2 Å². The summed E-state index contributed by atoms with van der Waals surface area (Å²) in [7, 11) is 0. The Bertz CT molecular complexity index is 708. The summed E-state index contributed by atoms with van der Waals surface area (Å²) in [4.78, 5) is 28.8. The first-order chi connectivity index (χ1) is 15.1. The van der Waals surface area contributed by atoms with Crippen LogP contribution in [0.2, 0.25) is 0 Å². The van der Waals surface area contributed by atoms with Gasteiger partial charge in [-0.1, -0.05) is 0 Å². The fourth-order valence-corrected chi connectivity index (χ4v) is 3.80. The summed E-state index contributed by atoms with van der Waals surface area (Å²) in [5.74, 6) is 0.434. The molecule has 2 fully saturated rings. The Kier molecular flexibility index (Phi) is 8.93. The van der Waals surface area contributed by atoms with E-state index in [9.17, 15) is 14.7 Å². The molecule has 3 N–H and O–H groups in total. The number of likely N-dealkylation sites (tertiary alicyclic amines) is 1. The van der Waals surface area contributed by atoms with Crippen LogP contribution < -0.4 is 15.4 Å². The summed E-state index contributed by atoms with van der Waals surface area (Å²) in [5.41, 5.74) is 0.488. The third-order valence-electron chi connectivity index (χ3n) is 5.64. The van der Waals surface area contributed by atoms with Crippen molar-refractivity contribution in [3.63, 3.8) is 0 Å². The van der Waals surface area contributed by atoms with Crippen LogP contribution in [0.4, 0.5) is 4.79 Å². The van der Waals surface area contributed by atoms with Crippen LogP contribution >= 0.6 is 0 Å². The molecule has 2 saturated heterocycles. The summed E-state index contributed by atoms with van der Waals surface area (Å²) in [6.45, 7) is 8.03. The van der Waals surface area contributed by atoms with Crippen LogP contribution in [0.15, 0.2) is 24.3 Å². The molecular weight excluding hydrogens is 400 g/mol. The lowest BCUT2D eigenvalue weighted by molar-refractivity contribution is 0.0322. The maximum Gasteiger partial charge on any atom is 0.317 e. The van der Waals surface area contributed by atoms with E-state index in [0.717, 1.165) is 32.8 Å². The number of ether oxygens (including phenoxy) is 2. The molecule has 0 bridgehead atoms. The average Bonchev–Trinajstić information content (AvgIpc) is 2.96. The van der Waals surface area contributed by atoms with Crippen LogP contribution in [-0.2, 0) is 4.74 Å². The molecule has 0 aromatic heterocycles. The smallest absolute Gasteiger partial charge is 0.317 e. The van der Waals surface area contributed by atoms with Gasteiger partial charge in [0.2, 0.25) is 0 Å². The van der Waals surface area contributed by atoms with Crippen molar-refractivity contribution in [1.82, 2.24) is 20.4 Å². The van der Waals surface area contributed by atoms with Gasteiger partial charge in [-0.25, -0.2) is 4.79 Å². The minimum atomic E-state index is -0.689. The Morgan fingerprint density at radius 1 is 1.19 bits per heavy atom. The third-order valence-corrected chi connectivity index (χ3v) is 5.64. The zero-order valence-corrected chi connectivity index (χ0v) is 18.2. The first-order valence-corrected chi connectivity index (χ1v) is 11.1. The number of morpholine rings is 1. The third kappa shape index (κ3) is 7.09. The molecule has 0 spiro atoms. The topological polar surface area (TPSA) is 103 Å². The van der Waals surface area contributed by atoms with Gasteiger partial charge in [0.05, 0.1) is 25.4 Å². The van der Waals surface area contributed by atoms with Crippen molar-refractivity contribution in [2.45, 2.75) is 31.9 Å². The van der Waals surface area contributed by atoms with E-state index in [0.29, 0.717) is 43.9 Å². The lowest BCUT2D eigenvalue weighted by atomic mass is 10.1. The lowest BCUT2D eigenvalue weighted by Gasteiger charge is -2.27. The van der Waals surface area contributed by atoms with Gasteiger partial charge in [-0.2, -0.15) is 0 Å². The first kappa shape index (κ1) is 23.3. The van der Waals surface area contributed by atoms with Gasteiger partial charge in [0.1, 0.15) is 12.4 Å². The quantitative estimate of drug-likeness (QED) is 0.583. The highest BCUT2D eigenvalue weighted by molar-refractivity contribution is 5.94. The molecule has 2 aliphatic rings. The number of amides is 3. The molecule has 172 valence electrons. The summed E-state index contributed by atoms with van der Waals surface area (Å²) < 4.78 is 11.1. The molecule has 31 heavy (non-hydrogen) atoms. The summed E-state index contributed by atoms with van der Waals surface area (Å²) in [5, 5.41) is 16.1. The van der Waals surface area contributed by atoms with E-state index in [4.69, 9.17) is 9.47 Å². The van der Waals surface area contributed by atoms with E-state index in [1.807, 2.05) is 6.92 Å². The van der Waals surface area contributed by atoms with Crippen molar-refractivity contribution in [2.75, 3.05) is 59.1 Å². The Balaban J connectivity index is 1.49. The number of hydrogen-bond donors (Lipinski definition) is 3. The number of carbonyl (C=O) groups excluding carboxylic acids is 2. The van der Waals surface area contributed by atoms with Gasteiger partial charge < -0.3 is 30.1 Å². The second kappa shape index (κ2) is 11.9. The van der Waals surface area contributed by atoms with Crippen molar-refractivity contribution in [3.05, 3.63) is 29.8 Å². The van der Waals surface area contributed by atoms with Crippen LogP contribution in [0, 0.1) is 0 Å². The van der Waals surface area contributed by atoms with Gasteiger partial charge in [0, 0.05) is 44.8 Å². The van der Waals surface area contributed by atoms with Gasteiger partial charge in [-0.05, 0) is 44.0 Å². The molecule has 0 aliphatic carbocycles. The largest absolute Gasteiger partial charge is 0.492 e. The Hall–Kier alpha value is -2.36. The lowest BCUT2D eigenvalue weighted by Crippen LogP contribution is -2.51. The van der Waals surface area contributed by atoms with Crippen molar-refractivity contribution < 1.29 is 24.2 Å². The van der Waals surface area contributed by atoms with Crippen molar-refractivity contribution in [1.29, 1.82) is 0 Å². The van der Waals surface area contributed by atoms with E-state index in [1.165, 1.54) is 0 Å². The van der Waals surface area contributed by atoms with Gasteiger partial charge in [-0.3, -0.25) is 9.69 Å². The number of benzene rings is 1. The molecule has 0 unspecified atom stereocenters. The molecule has 0 radical (unpaired) electrons. The number of urea groups is 1. The number of carbonyl (C=O) groups is 2. The zero-order chi connectivity index (χ0) is 22.1. The number of aliphatic hydroxyl groups excluding tert-OH is 1. The number of hydrogen-bond acceptors (Lipinski definition) is 6. The molecule has 9 heteroatoms. The number of aliphatic hydroxyl groups is 1. The fourth-order valence-electron chi connectivity index (χ4n) is 3.80. The Morgan fingerprint density at radius 3 is 2.65 bits per heavy atom. The highest BCUT2D eigenvalue weighted by Gasteiger charge is 2.29. The average molecular weight is 435 g/mol. The van der Waals surface area contributed by atoms with E-state index in [2.05, 4.69) is 15.5 Å². The number of nitrogens with zero attached hydrogens (tertiary/aromatic N) is 2. The van der Waals surface area contributed by atoms with Crippen molar-refractivity contribution >= 4 is 11.9 Å². The molecule has 2 aliphatic heterocycles. The van der Waals surface area contributed by atoms with Crippen molar-refractivity contribution in [2.24, 2.45) is 0 Å². The molecule has 3 rings (SSSR count). The maximum atomic E-state index is 12.7. The standard InChI is InChI=1S/C22H34N4O5/c1-2-23-22(29)26-9-3-4-20(27)19(16-26)24-21(28)17-5-7-18(8-6-17)31-15-12-25-10-13-30-14-11-25/h5-8,19-20,27H,2-4,9-16H2,1H3,(H,23,29)(H,24,28)/t19-,20-/m1/s1. The van der Waals surface area contributed by atoms with Crippen LogP contribution in [-0.4, -0.2) is 98.1 Å². The molecule has 1 aromatic rings. The number of rotatable bonds is 7. The second-order valence-electron chi connectivity index (χ2n) is 7.90. The van der Waals surface area contributed by atoms with Crippen molar-refractivity contribution in [3.8, 4) is 5.75 Å². The predicted octanol–water partition coefficient (Wildman–Crippen LogP) is 0.682. The highest BCUT2D eigenvalue weighted by atomic mass is 16.5. The monoisotopic (exact) mass is 434 g/mol. The van der Waals surface area contributed by atoms with Gasteiger partial charge in [0.15, 0.2) is 0 Å². The Labute approximate surface area is 183 Å². The summed E-state index contributed by atoms with van der Waals surface area (Å²) in [6.07, 6.45) is 0.545. The van der Waals surface area contributed by atoms with Crippen LogP contribution in [0.1, 0.15) is 30.1 Å². The molecule has 2 atom stereocenters. The minimum absolute atomic E-state index is 0.172. The molecule has 2 heterocycles. The predicted molar refractivity (Wildman–Crippen MR) is 116 cm³/mol. The fraction of sp³-hybridized carbons (Fsp3) is 0.636. The zero-order valence-electron chi connectivity index (χ0n) is 18.2. The Morgan fingerprint density at radius 2 is 1.94 bits per heavy atom. The maximum absolute atomic E-state index is 12.7.